The van der Waals surface area contributed by atoms with Crippen molar-refractivity contribution in [2.24, 2.45) is 5.14 Å². The molecule has 5 rings (SSSR count). The number of tetrazole rings is 1. The normalized spacial score (nSPS) is 19.1. The summed E-state index contributed by atoms with van der Waals surface area (Å²) in [6.07, 6.45) is 1.13. The molecule has 176 valence electrons. The highest BCUT2D eigenvalue weighted by Crippen LogP contribution is 2.39. The van der Waals surface area contributed by atoms with Gasteiger partial charge in [0.25, 0.3) is 0 Å². The average molecular weight is 496 g/mol. The van der Waals surface area contributed by atoms with Gasteiger partial charge >= 0.3 is 0 Å². The lowest BCUT2D eigenvalue weighted by Crippen LogP contribution is -2.37. The van der Waals surface area contributed by atoms with Gasteiger partial charge in [0.05, 0.1) is 17.8 Å². The molecule has 1 aromatic carbocycles. The number of benzene rings is 1. The van der Waals surface area contributed by atoms with Crippen LogP contribution in [0.2, 0.25) is 0 Å². The summed E-state index contributed by atoms with van der Waals surface area (Å²) >= 11 is 0. The van der Waals surface area contributed by atoms with Crippen LogP contribution in [0.15, 0.2) is 21.9 Å². The number of aromatic amines is 2. The highest BCUT2D eigenvalue weighted by Gasteiger charge is 2.35. The molecule has 3 aromatic rings. The number of sulfonamides is 2. The van der Waals surface area contributed by atoms with Gasteiger partial charge in [-0.1, -0.05) is 0 Å². The summed E-state index contributed by atoms with van der Waals surface area (Å²) < 4.78 is 54.6. The van der Waals surface area contributed by atoms with E-state index in [1.54, 1.807) is 0 Å². The third-order valence-electron chi connectivity index (χ3n) is 5.63. The zero-order valence-electron chi connectivity index (χ0n) is 17.2. The highest BCUT2D eigenvalue weighted by atomic mass is 32.2. The van der Waals surface area contributed by atoms with E-state index >= 15 is 0 Å². The zero-order chi connectivity index (χ0) is 23.2. The SMILES string of the molecule is NS(=O)(=O)c1c(S(=O)(=O)N[C@@H]2CCNC2)ccc(N2CCc3n[nH]nc3C2)c1-c1nn[nH]n1. The van der Waals surface area contributed by atoms with Crippen LogP contribution < -0.4 is 20.1 Å². The van der Waals surface area contributed by atoms with Crippen LogP contribution >= 0.6 is 0 Å². The van der Waals surface area contributed by atoms with Crippen molar-refractivity contribution in [1.82, 2.24) is 46.1 Å². The second-order valence-corrected chi connectivity index (χ2v) is 10.9. The molecule has 1 fully saturated rings. The minimum absolute atomic E-state index is 0.0504. The fraction of sp³-hybridized carbons (Fsp3) is 0.438. The average Bonchev–Trinajstić information content (AvgIpc) is 3.53. The first-order valence-corrected chi connectivity index (χ1v) is 13.1. The van der Waals surface area contributed by atoms with E-state index in [-0.39, 0.29) is 17.4 Å². The minimum Gasteiger partial charge on any atom is -0.364 e. The van der Waals surface area contributed by atoms with Crippen LogP contribution in [0.25, 0.3) is 11.4 Å². The summed E-state index contributed by atoms with van der Waals surface area (Å²) in [6, 6.07) is 2.39. The lowest BCUT2D eigenvalue weighted by atomic mass is 10.1. The van der Waals surface area contributed by atoms with Crippen molar-refractivity contribution in [3.05, 3.63) is 23.5 Å². The van der Waals surface area contributed by atoms with Crippen LogP contribution in [0.3, 0.4) is 0 Å². The monoisotopic (exact) mass is 495 g/mol. The summed E-state index contributed by atoms with van der Waals surface area (Å²) in [6.45, 7) is 1.89. The smallest absolute Gasteiger partial charge is 0.242 e. The lowest BCUT2D eigenvalue weighted by Gasteiger charge is -2.30. The molecule has 0 spiro atoms. The van der Waals surface area contributed by atoms with Gasteiger partial charge in [-0.25, -0.2) is 26.7 Å². The van der Waals surface area contributed by atoms with Crippen LogP contribution in [0.4, 0.5) is 5.69 Å². The molecule has 33 heavy (non-hydrogen) atoms. The number of aromatic nitrogens is 7. The number of rotatable bonds is 6. The maximum absolute atomic E-state index is 13.2. The number of nitrogens with zero attached hydrogens (tertiary/aromatic N) is 6. The maximum atomic E-state index is 13.2. The molecule has 0 unspecified atom stereocenters. The zero-order valence-corrected chi connectivity index (χ0v) is 18.8. The predicted octanol–water partition coefficient (Wildman–Crippen LogP) is -2.16. The van der Waals surface area contributed by atoms with E-state index in [0.717, 1.165) is 5.69 Å². The van der Waals surface area contributed by atoms with Crippen LogP contribution in [0, 0.1) is 0 Å². The van der Waals surface area contributed by atoms with Crippen LogP contribution in [-0.4, -0.2) is 78.5 Å². The summed E-state index contributed by atoms with van der Waals surface area (Å²) in [5, 5.41) is 33.1. The van der Waals surface area contributed by atoms with Crippen molar-refractivity contribution in [3.63, 3.8) is 0 Å². The predicted molar refractivity (Wildman–Crippen MR) is 114 cm³/mol. The number of primary sulfonamides is 1. The van der Waals surface area contributed by atoms with E-state index < -0.39 is 29.8 Å². The Hall–Kier alpha value is -2.99. The number of anilines is 1. The van der Waals surface area contributed by atoms with Crippen molar-refractivity contribution in [2.75, 3.05) is 24.5 Å². The third-order valence-corrected chi connectivity index (χ3v) is 8.31. The minimum atomic E-state index is -4.54. The van der Waals surface area contributed by atoms with Crippen molar-refractivity contribution in [3.8, 4) is 11.4 Å². The quantitative estimate of drug-likeness (QED) is 0.248. The van der Waals surface area contributed by atoms with Gasteiger partial charge < -0.3 is 10.2 Å². The second kappa shape index (κ2) is 8.10. The molecule has 15 nitrogen and oxygen atoms in total. The summed E-state index contributed by atoms with van der Waals surface area (Å²) in [4.78, 5) is 0.779. The van der Waals surface area contributed by atoms with E-state index in [9.17, 15) is 16.8 Å². The Balaban J connectivity index is 1.69. The Morgan fingerprint density at radius 3 is 2.61 bits per heavy atom. The molecule has 2 aliphatic rings. The molecule has 2 aromatic heterocycles. The summed E-state index contributed by atoms with van der Waals surface area (Å²) in [5.41, 5.74) is 1.85. The number of hydrogen-bond donors (Lipinski definition) is 5. The fourth-order valence-electron chi connectivity index (χ4n) is 4.14. The molecule has 0 saturated carbocycles. The fourth-order valence-corrected chi connectivity index (χ4v) is 7.01. The van der Waals surface area contributed by atoms with Gasteiger partial charge in [-0.05, 0) is 30.3 Å². The van der Waals surface area contributed by atoms with Gasteiger partial charge in [0.1, 0.15) is 15.5 Å². The maximum Gasteiger partial charge on any atom is 0.242 e. The number of nitrogens with two attached hydrogens (primary N) is 1. The Morgan fingerprint density at radius 2 is 1.91 bits per heavy atom. The molecule has 2 aliphatic heterocycles. The lowest BCUT2D eigenvalue weighted by molar-refractivity contribution is 0.555. The third kappa shape index (κ3) is 4.08. The Labute approximate surface area is 188 Å². The van der Waals surface area contributed by atoms with Gasteiger partial charge in [-0.3, -0.25) is 0 Å². The molecule has 1 saturated heterocycles. The standard InChI is InChI=1S/C16H21N11O4S2/c17-32(28,29)15-13(33(30,31)23-9-3-5-18-7-9)2-1-12(14(15)16-21-25-26-22-16)27-6-4-10-11(8-27)20-24-19-10/h1-2,9,18,23H,3-8H2,(H2,17,28,29)(H,19,20,24)(H,21,22,25,26)/t9-/m1/s1. The largest absolute Gasteiger partial charge is 0.364 e. The summed E-state index contributed by atoms with van der Waals surface area (Å²) in [7, 11) is -8.77. The van der Waals surface area contributed by atoms with Gasteiger partial charge in [0.15, 0.2) is 0 Å². The number of nitrogens with one attached hydrogen (secondary N) is 4. The van der Waals surface area contributed by atoms with Crippen molar-refractivity contribution < 1.29 is 16.8 Å². The van der Waals surface area contributed by atoms with Gasteiger partial charge in [0.2, 0.25) is 25.9 Å². The summed E-state index contributed by atoms with van der Waals surface area (Å²) in [5.74, 6) is -0.0976. The Morgan fingerprint density at radius 1 is 1.09 bits per heavy atom. The van der Waals surface area contributed by atoms with Crippen LogP contribution in [-0.2, 0) is 33.0 Å². The van der Waals surface area contributed by atoms with Crippen molar-refractivity contribution in [2.45, 2.75) is 35.2 Å². The van der Waals surface area contributed by atoms with E-state index in [1.165, 1.54) is 12.1 Å². The van der Waals surface area contributed by atoms with Crippen molar-refractivity contribution >= 4 is 25.7 Å². The number of hydrogen-bond acceptors (Lipinski definition) is 11. The second-order valence-electron chi connectivity index (χ2n) is 7.77. The molecule has 0 radical (unpaired) electrons. The van der Waals surface area contributed by atoms with E-state index in [2.05, 4.69) is 46.1 Å². The van der Waals surface area contributed by atoms with E-state index in [4.69, 9.17) is 5.14 Å². The topological polar surface area (TPSA) is 218 Å². The first kappa shape index (κ1) is 21.8. The number of H-pyrrole nitrogens is 2. The molecule has 6 N–H and O–H groups in total. The first-order chi connectivity index (χ1) is 15.7. The van der Waals surface area contributed by atoms with Gasteiger partial charge in [-0.2, -0.15) is 20.6 Å². The number of fused-ring (bicyclic) bond motifs is 1. The highest BCUT2D eigenvalue weighted by molar-refractivity contribution is 7.92. The molecule has 0 amide bonds. The van der Waals surface area contributed by atoms with E-state index in [1.807, 2.05) is 4.90 Å². The molecular weight excluding hydrogens is 474 g/mol. The van der Waals surface area contributed by atoms with Gasteiger partial charge in [-0.15, -0.1) is 10.2 Å². The first-order valence-electron chi connectivity index (χ1n) is 10.0. The van der Waals surface area contributed by atoms with Crippen LogP contribution in [0.5, 0.6) is 0 Å². The van der Waals surface area contributed by atoms with Crippen LogP contribution in [0.1, 0.15) is 17.8 Å². The Bertz CT molecular complexity index is 1380. The molecule has 0 aliphatic carbocycles. The van der Waals surface area contributed by atoms with Crippen molar-refractivity contribution in [1.29, 1.82) is 0 Å². The van der Waals surface area contributed by atoms with E-state index in [0.29, 0.717) is 50.4 Å². The Kier molecular flexibility index (Phi) is 5.36. The molecule has 1 atom stereocenters. The molecular formula is C16H21N11O4S2. The van der Waals surface area contributed by atoms with Gasteiger partial charge in [0, 0.05) is 31.2 Å². The molecule has 4 heterocycles. The molecule has 17 heteroatoms. The molecule has 0 bridgehead atoms.